The van der Waals surface area contributed by atoms with Crippen molar-refractivity contribution in [2.75, 3.05) is 27.3 Å². The number of hydrogen-bond donors (Lipinski definition) is 0. The van der Waals surface area contributed by atoms with Crippen LogP contribution in [0, 0.1) is 13.8 Å². The molecule has 6 nitrogen and oxygen atoms in total. The number of benzene rings is 1. The maximum absolute atomic E-state index is 12.7. The molecule has 0 bridgehead atoms. The summed E-state index contributed by atoms with van der Waals surface area (Å²) in [6.45, 7) is 5.58. The molecule has 1 aromatic heterocycles. The van der Waals surface area contributed by atoms with Gasteiger partial charge in [0.05, 0.1) is 19.9 Å². The summed E-state index contributed by atoms with van der Waals surface area (Å²) >= 11 is 0. The van der Waals surface area contributed by atoms with Crippen LogP contribution in [0.4, 0.5) is 0 Å². The zero-order chi connectivity index (χ0) is 19.6. The van der Waals surface area contributed by atoms with Crippen LogP contribution in [0.25, 0.3) is 0 Å². The molecule has 0 spiro atoms. The molecular formula is C21H29N3O3. The van der Waals surface area contributed by atoms with Gasteiger partial charge in [-0.2, -0.15) is 5.10 Å². The molecule has 0 unspecified atom stereocenters. The van der Waals surface area contributed by atoms with Crippen LogP contribution in [-0.4, -0.2) is 47.9 Å². The number of methoxy groups -OCH3 is 2. The first-order valence-corrected chi connectivity index (χ1v) is 9.43. The minimum Gasteiger partial charge on any atom is -0.497 e. The maximum atomic E-state index is 12.7. The average molecular weight is 371 g/mol. The molecule has 1 atom stereocenters. The zero-order valence-corrected chi connectivity index (χ0v) is 16.9. The predicted molar refractivity (Wildman–Crippen MR) is 104 cm³/mol. The predicted octanol–water partition coefficient (Wildman–Crippen LogP) is 3.00. The largest absolute Gasteiger partial charge is 0.497 e. The highest BCUT2D eigenvalue weighted by molar-refractivity contribution is 5.77. The number of amides is 1. The van der Waals surface area contributed by atoms with Crippen LogP contribution in [0.2, 0.25) is 0 Å². The number of hydrogen-bond acceptors (Lipinski definition) is 4. The molecule has 0 aliphatic carbocycles. The topological polar surface area (TPSA) is 56.6 Å². The van der Waals surface area contributed by atoms with Crippen molar-refractivity contribution < 1.29 is 14.3 Å². The summed E-state index contributed by atoms with van der Waals surface area (Å²) in [7, 11) is 5.29. The van der Waals surface area contributed by atoms with E-state index < -0.39 is 0 Å². The van der Waals surface area contributed by atoms with E-state index in [1.54, 1.807) is 14.2 Å². The smallest absolute Gasteiger partial charge is 0.222 e. The van der Waals surface area contributed by atoms with E-state index in [1.165, 1.54) is 5.56 Å². The normalized spacial score (nSPS) is 16.6. The Morgan fingerprint density at radius 2 is 2.04 bits per heavy atom. The third-order valence-electron chi connectivity index (χ3n) is 5.67. The lowest BCUT2D eigenvalue weighted by Crippen LogP contribution is -2.28. The van der Waals surface area contributed by atoms with Crippen molar-refractivity contribution in [1.29, 1.82) is 0 Å². The molecule has 1 saturated heterocycles. The van der Waals surface area contributed by atoms with Gasteiger partial charge in [-0.3, -0.25) is 9.48 Å². The van der Waals surface area contributed by atoms with Crippen LogP contribution in [0.15, 0.2) is 18.2 Å². The lowest BCUT2D eigenvalue weighted by molar-refractivity contribution is -0.130. The van der Waals surface area contributed by atoms with Gasteiger partial charge in [0.1, 0.15) is 11.5 Å². The van der Waals surface area contributed by atoms with E-state index in [1.807, 2.05) is 41.8 Å². The van der Waals surface area contributed by atoms with E-state index in [0.717, 1.165) is 54.4 Å². The van der Waals surface area contributed by atoms with Gasteiger partial charge in [-0.25, -0.2) is 0 Å². The molecule has 1 aromatic carbocycles. The van der Waals surface area contributed by atoms with Gasteiger partial charge in [-0.1, -0.05) is 0 Å². The van der Waals surface area contributed by atoms with Crippen LogP contribution in [0.3, 0.4) is 0 Å². The van der Waals surface area contributed by atoms with Gasteiger partial charge >= 0.3 is 0 Å². The fourth-order valence-electron chi connectivity index (χ4n) is 3.97. The summed E-state index contributed by atoms with van der Waals surface area (Å²) in [6, 6.07) is 5.87. The van der Waals surface area contributed by atoms with Gasteiger partial charge in [0, 0.05) is 43.7 Å². The van der Waals surface area contributed by atoms with Crippen LogP contribution < -0.4 is 9.47 Å². The van der Waals surface area contributed by atoms with E-state index in [9.17, 15) is 4.79 Å². The summed E-state index contributed by atoms with van der Waals surface area (Å²) in [4.78, 5) is 14.7. The number of aromatic nitrogens is 2. The van der Waals surface area contributed by atoms with Crippen LogP contribution >= 0.6 is 0 Å². The van der Waals surface area contributed by atoms with Crippen molar-refractivity contribution >= 4 is 5.91 Å². The Morgan fingerprint density at radius 3 is 2.67 bits per heavy atom. The van der Waals surface area contributed by atoms with Crippen LogP contribution in [-0.2, 0) is 18.3 Å². The number of aryl methyl sites for hydroxylation is 2. The van der Waals surface area contributed by atoms with Crippen molar-refractivity contribution in [2.45, 2.75) is 39.0 Å². The van der Waals surface area contributed by atoms with E-state index in [-0.39, 0.29) is 11.8 Å². The summed E-state index contributed by atoms with van der Waals surface area (Å²) < 4.78 is 12.8. The Morgan fingerprint density at radius 1 is 1.26 bits per heavy atom. The SMILES string of the molecule is COc1ccc(OC)c([C@H]2CCN(C(=O)CCc3c(C)nn(C)c3C)C2)c1. The minimum absolute atomic E-state index is 0.210. The summed E-state index contributed by atoms with van der Waals surface area (Å²) in [5.74, 6) is 2.16. The third kappa shape index (κ3) is 3.94. The van der Waals surface area contributed by atoms with Gasteiger partial charge in [0.2, 0.25) is 5.91 Å². The highest BCUT2D eigenvalue weighted by atomic mass is 16.5. The fraction of sp³-hybridized carbons (Fsp3) is 0.524. The number of carbonyl (C=O) groups excluding carboxylic acids is 1. The average Bonchev–Trinajstić information content (AvgIpc) is 3.25. The van der Waals surface area contributed by atoms with Crippen molar-refractivity contribution in [3.8, 4) is 11.5 Å². The fourth-order valence-corrected chi connectivity index (χ4v) is 3.97. The Bertz CT molecular complexity index is 828. The third-order valence-corrected chi connectivity index (χ3v) is 5.67. The lowest BCUT2D eigenvalue weighted by Gasteiger charge is -2.18. The van der Waals surface area contributed by atoms with E-state index in [0.29, 0.717) is 6.42 Å². The Kier molecular flexibility index (Phi) is 5.73. The first kappa shape index (κ1) is 19.3. The van der Waals surface area contributed by atoms with Crippen LogP contribution in [0.1, 0.15) is 41.3 Å². The van der Waals surface area contributed by atoms with E-state index in [2.05, 4.69) is 12.0 Å². The molecule has 0 radical (unpaired) electrons. The van der Waals surface area contributed by atoms with E-state index in [4.69, 9.17) is 9.47 Å². The molecule has 0 saturated carbocycles. The Hall–Kier alpha value is -2.50. The second-order valence-corrected chi connectivity index (χ2v) is 7.21. The van der Waals surface area contributed by atoms with Crippen LogP contribution in [0.5, 0.6) is 11.5 Å². The number of nitrogens with zero attached hydrogens (tertiary/aromatic N) is 3. The summed E-state index contributed by atoms with van der Waals surface area (Å²) in [5.41, 5.74) is 4.46. The summed E-state index contributed by atoms with van der Waals surface area (Å²) in [5, 5.41) is 4.44. The monoisotopic (exact) mass is 371 g/mol. The molecule has 146 valence electrons. The maximum Gasteiger partial charge on any atom is 0.222 e. The Labute approximate surface area is 161 Å². The highest BCUT2D eigenvalue weighted by Gasteiger charge is 2.29. The van der Waals surface area contributed by atoms with Crippen molar-refractivity contribution in [3.63, 3.8) is 0 Å². The van der Waals surface area contributed by atoms with E-state index >= 15 is 0 Å². The molecule has 2 aromatic rings. The molecule has 1 aliphatic heterocycles. The molecular weight excluding hydrogens is 342 g/mol. The minimum atomic E-state index is 0.210. The molecule has 0 N–H and O–H groups in total. The van der Waals surface area contributed by atoms with Crippen molar-refractivity contribution in [2.24, 2.45) is 7.05 Å². The first-order chi connectivity index (χ1) is 12.9. The molecule has 2 heterocycles. The Balaban J connectivity index is 1.64. The molecule has 1 amide bonds. The number of ether oxygens (including phenoxy) is 2. The zero-order valence-electron chi connectivity index (χ0n) is 16.9. The van der Waals surface area contributed by atoms with Gasteiger partial charge in [0.15, 0.2) is 0 Å². The molecule has 1 fully saturated rings. The molecule has 1 aliphatic rings. The van der Waals surface area contributed by atoms with Gasteiger partial charge in [-0.15, -0.1) is 0 Å². The first-order valence-electron chi connectivity index (χ1n) is 9.43. The molecule has 3 rings (SSSR count). The number of carbonyl (C=O) groups is 1. The summed E-state index contributed by atoms with van der Waals surface area (Å²) in [6.07, 6.45) is 2.21. The van der Waals surface area contributed by atoms with Crippen molar-refractivity contribution in [3.05, 3.63) is 40.7 Å². The quantitative estimate of drug-likeness (QED) is 0.783. The molecule has 6 heteroatoms. The van der Waals surface area contributed by atoms with Crippen molar-refractivity contribution in [1.82, 2.24) is 14.7 Å². The number of likely N-dealkylation sites (tertiary alicyclic amines) is 1. The second kappa shape index (κ2) is 8.03. The standard InChI is InChI=1S/C21H29N3O3/c1-14-18(15(2)23(3)22-14)7-9-21(25)24-11-10-16(13-24)19-12-17(26-4)6-8-20(19)27-5/h6,8,12,16H,7,9-11,13H2,1-5H3/t16-/m0/s1. The highest BCUT2D eigenvalue weighted by Crippen LogP contribution is 2.36. The molecule has 27 heavy (non-hydrogen) atoms. The second-order valence-electron chi connectivity index (χ2n) is 7.21. The van der Waals surface area contributed by atoms with Gasteiger partial charge < -0.3 is 14.4 Å². The van der Waals surface area contributed by atoms with Gasteiger partial charge in [0.25, 0.3) is 0 Å². The lowest BCUT2D eigenvalue weighted by atomic mass is 9.97. The van der Waals surface area contributed by atoms with Gasteiger partial charge in [-0.05, 0) is 50.5 Å². The number of rotatable bonds is 6.